The number of likely N-dealkylation sites (tertiary alicyclic amines) is 1. The molecule has 0 radical (unpaired) electrons. The van der Waals surface area contributed by atoms with Crippen molar-refractivity contribution >= 4 is 23.6 Å². The molecule has 2 aliphatic heterocycles. The highest BCUT2D eigenvalue weighted by Crippen LogP contribution is 2.29. The third-order valence-corrected chi connectivity index (χ3v) is 7.59. The standard InChI is InChI=1S/C29H32ClFN4O4/c1-19(29(36)37)13-23-15-32-27(35(23)16-24-9-12-38-24)17-34-10-7-20(8-11-34)26-3-2-4-28(33-26)39-18-21-5-6-22(30)14-25(21)31/h2-6,13-15,20,24H,7-12,16-18H2,1H3,(H,36,37)/b19-13+. The normalized spacial score (nSPS) is 18.6. The number of hydrogen-bond acceptors (Lipinski definition) is 6. The Morgan fingerprint density at radius 3 is 2.74 bits per heavy atom. The van der Waals surface area contributed by atoms with Crippen LogP contribution < -0.4 is 4.74 Å². The van der Waals surface area contributed by atoms with Gasteiger partial charge in [-0.25, -0.2) is 19.2 Å². The molecule has 5 rings (SSSR count). The summed E-state index contributed by atoms with van der Waals surface area (Å²) in [6.07, 6.45) is 6.44. The van der Waals surface area contributed by atoms with Crippen molar-refractivity contribution in [1.29, 1.82) is 0 Å². The van der Waals surface area contributed by atoms with Gasteiger partial charge in [0, 0.05) is 40.4 Å². The summed E-state index contributed by atoms with van der Waals surface area (Å²) in [4.78, 5) is 23.1. The molecule has 0 saturated carbocycles. The number of carboxylic acid groups (broad SMARTS) is 1. The summed E-state index contributed by atoms with van der Waals surface area (Å²) in [5.74, 6) is 0.355. The molecule has 2 aliphatic rings. The van der Waals surface area contributed by atoms with E-state index in [4.69, 9.17) is 26.1 Å². The minimum absolute atomic E-state index is 0.0829. The summed E-state index contributed by atoms with van der Waals surface area (Å²) >= 11 is 5.83. The van der Waals surface area contributed by atoms with Crippen molar-refractivity contribution in [3.63, 3.8) is 0 Å². The molecule has 0 bridgehead atoms. The van der Waals surface area contributed by atoms with Gasteiger partial charge in [-0.3, -0.25) is 4.90 Å². The summed E-state index contributed by atoms with van der Waals surface area (Å²) in [5.41, 5.74) is 2.47. The number of ether oxygens (including phenoxy) is 2. The van der Waals surface area contributed by atoms with E-state index in [9.17, 15) is 14.3 Å². The summed E-state index contributed by atoms with van der Waals surface area (Å²) in [6, 6.07) is 10.3. The summed E-state index contributed by atoms with van der Waals surface area (Å²) in [6.45, 7) is 5.57. The number of benzene rings is 1. The zero-order chi connectivity index (χ0) is 27.4. The Morgan fingerprint density at radius 1 is 1.26 bits per heavy atom. The van der Waals surface area contributed by atoms with Crippen LogP contribution in [0.4, 0.5) is 4.39 Å². The summed E-state index contributed by atoms with van der Waals surface area (Å²) in [5, 5.41) is 9.67. The summed E-state index contributed by atoms with van der Waals surface area (Å²) < 4.78 is 27.6. The minimum atomic E-state index is -0.938. The highest BCUT2D eigenvalue weighted by Gasteiger charge is 2.25. The van der Waals surface area contributed by atoms with E-state index >= 15 is 0 Å². The van der Waals surface area contributed by atoms with Crippen LogP contribution in [0.1, 0.15) is 54.9 Å². The topological polar surface area (TPSA) is 89.7 Å². The lowest BCUT2D eigenvalue weighted by molar-refractivity contribution is -0.132. The Balaban J connectivity index is 1.19. The number of aliphatic carboxylic acids is 1. The number of carboxylic acids is 1. The van der Waals surface area contributed by atoms with Crippen LogP contribution in [0.3, 0.4) is 0 Å². The fraction of sp³-hybridized carbons (Fsp3) is 0.414. The second-order valence-corrected chi connectivity index (χ2v) is 10.5. The van der Waals surface area contributed by atoms with Gasteiger partial charge >= 0.3 is 5.97 Å². The van der Waals surface area contributed by atoms with Crippen LogP contribution in [-0.2, 0) is 29.2 Å². The monoisotopic (exact) mass is 554 g/mol. The molecule has 39 heavy (non-hydrogen) atoms. The molecule has 206 valence electrons. The number of pyridine rings is 1. The van der Waals surface area contributed by atoms with Gasteiger partial charge < -0.3 is 19.1 Å². The van der Waals surface area contributed by atoms with Crippen molar-refractivity contribution in [2.45, 2.75) is 57.9 Å². The molecule has 0 aliphatic carbocycles. The van der Waals surface area contributed by atoms with Crippen molar-refractivity contribution in [1.82, 2.24) is 19.4 Å². The van der Waals surface area contributed by atoms with Crippen LogP contribution in [-0.4, -0.2) is 56.3 Å². The van der Waals surface area contributed by atoms with Crippen molar-refractivity contribution in [3.8, 4) is 5.88 Å². The first-order valence-electron chi connectivity index (χ1n) is 13.2. The smallest absolute Gasteiger partial charge is 0.331 e. The van der Waals surface area contributed by atoms with Gasteiger partial charge in [0.05, 0.1) is 31.1 Å². The fourth-order valence-corrected chi connectivity index (χ4v) is 5.07. The van der Waals surface area contributed by atoms with Crippen LogP contribution in [0.25, 0.3) is 6.08 Å². The fourth-order valence-electron chi connectivity index (χ4n) is 4.91. The first-order chi connectivity index (χ1) is 18.9. The van der Waals surface area contributed by atoms with Gasteiger partial charge in [0.1, 0.15) is 18.2 Å². The van der Waals surface area contributed by atoms with Crippen LogP contribution in [0.15, 0.2) is 48.2 Å². The van der Waals surface area contributed by atoms with Gasteiger partial charge in [-0.05, 0) is 63.6 Å². The van der Waals surface area contributed by atoms with Crippen LogP contribution in [0, 0.1) is 5.82 Å². The van der Waals surface area contributed by atoms with E-state index in [0.29, 0.717) is 35.5 Å². The molecule has 0 amide bonds. The van der Waals surface area contributed by atoms with Gasteiger partial charge in [-0.15, -0.1) is 0 Å². The average Bonchev–Trinajstić information content (AvgIpc) is 3.26. The summed E-state index contributed by atoms with van der Waals surface area (Å²) in [7, 11) is 0. The Bertz CT molecular complexity index is 1350. The third-order valence-electron chi connectivity index (χ3n) is 7.36. The zero-order valence-electron chi connectivity index (χ0n) is 21.9. The molecule has 2 fully saturated rings. The van der Waals surface area contributed by atoms with Crippen molar-refractivity contribution in [3.05, 3.63) is 81.8 Å². The Labute approximate surface area is 232 Å². The lowest BCUT2D eigenvalue weighted by atomic mass is 9.93. The lowest BCUT2D eigenvalue weighted by Gasteiger charge is -2.32. The van der Waals surface area contributed by atoms with E-state index in [2.05, 4.69) is 14.5 Å². The van der Waals surface area contributed by atoms with E-state index in [-0.39, 0.29) is 18.3 Å². The molecule has 4 heterocycles. The van der Waals surface area contributed by atoms with E-state index in [1.165, 1.54) is 6.07 Å². The predicted molar refractivity (Wildman–Crippen MR) is 145 cm³/mol. The molecule has 1 unspecified atom stereocenters. The molecule has 8 nitrogen and oxygen atoms in total. The predicted octanol–water partition coefficient (Wildman–Crippen LogP) is 5.31. The molecule has 2 aromatic heterocycles. The number of aromatic nitrogens is 3. The number of hydrogen-bond donors (Lipinski definition) is 1. The lowest BCUT2D eigenvalue weighted by Crippen LogP contribution is -2.35. The first-order valence-corrected chi connectivity index (χ1v) is 13.6. The van der Waals surface area contributed by atoms with Crippen molar-refractivity contribution in [2.75, 3.05) is 19.7 Å². The van der Waals surface area contributed by atoms with E-state index in [0.717, 1.165) is 56.2 Å². The van der Waals surface area contributed by atoms with E-state index < -0.39 is 11.8 Å². The molecule has 10 heteroatoms. The third kappa shape index (κ3) is 6.84. The molecule has 2 saturated heterocycles. The van der Waals surface area contributed by atoms with Crippen molar-refractivity contribution < 1.29 is 23.8 Å². The maximum absolute atomic E-state index is 14.1. The average molecular weight is 555 g/mol. The first kappa shape index (κ1) is 27.3. The van der Waals surface area contributed by atoms with Gasteiger partial charge in [-0.2, -0.15) is 0 Å². The van der Waals surface area contributed by atoms with E-state index in [1.54, 1.807) is 37.4 Å². The van der Waals surface area contributed by atoms with E-state index in [1.807, 2.05) is 12.1 Å². The molecular formula is C29H32ClFN4O4. The maximum Gasteiger partial charge on any atom is 0.331 e. The maximum atomic E-state index is 14.1. The molecule has 1 aromatic carbocycles. The second-order valence-electron chi connectivity index (χ2n) is 10.1. The quantitative estimate of drug-likeness (QED) is 0.340. The largest absolute Gasteiger partial charge is 0.478 e. The van der Waals surface area contributed by atoms with Crippen LogP contribution >= 0.6 is 11.6 Å². The second kappa shape index (κ2) is 12.3. The highest BCUT2D eigenvalue weighted by molar-refractivity contribution is 6.30. The number of rotatable bonds is 10. The SMILES string of the molecule is C/C(=C\c1cnc(CN2CCC(c3cccc(OCc4ccc(Cl)cc4F)n3)CC2)n1CC1CCO1)C(=O)O. The number of imidazole rings is 1. The van der Waals surface area contributed by atoms with Crippen LogP contribution in [0.5, 0.6) is 5.88 Å². The molecular weight excluding hydrogens is 523 g/mol. The number of halogens is 2. The highest BCUT2D eigenvalue weighted by atomic mass is 35.5. The Kier molecular flexibility index (Phi) is 8.60. The Hall–Kier alpha value is -3.27. The Morgan fingerprint density at radius 2 is 2.05 bits per heavy atom. The van der Waals surface area contributed by atoms with Gasteiger partial charge in [-0.1, -0.05) is 23.7 Å². The molecule has 1 atom stereocenters. The van der Waals surface area contributed by atoms with Gasteiger partial charge in [0.15, 0.2) is 0 Å². The number of nitrogens with zero attached hydrogens (tertiary/aromatic N) is 4. The molecule has 0 spiro atoms. The minimum Gasteiger partial charge on any atom is -0.478 e. The van der Waals surface area contributed by atoms with Crippen molar-refractivity contribution in [2.24, 2.45) is 0 Å². The van der Waals surface area contributed by atoms with Crippen LogP contribution in [0.2, 0.25) is 5.02 Å². The number of carbonyl (C=O) groups is 1. The molecule has 3 aromatic rings. The molecule has 1 N–H and O–H groups in total. The number of piperidine rings is 1. The van der Waals surface area contributed by atoms with Gasteiger partial charge in [0.25, 0.3) is 0 Å². The van der Waals surface area contributed by atoms with Gasteiger partial charge in [0.2, 0.25) is 5.88 Å². The zero-order valence-corrected chi connectivity index (χ0v) is 22.6.